The van der Waals surface area contributed by atoms with Crippen LogP contribution < -0.4 is 0 Å². The fourth-order valence-electron chi connectivity index (χ4n) is 2.20. The first kappa shape index (κ1) is 6.38. The summed E-state index contributed by atoms with van der Waals surface area (Å²) in [5, 5.41) is 0. The second-order valence-corrected chi connectivity index (χ2v) is 3.82. The van der Waals surface area contributed by atoms with Gasteiger partial charge in [0.2, 0.25) is 0 Å². The van der Waals surface area contributed by atoms with E-state index in [1.165, 1.54) is 25.7 Å². The Hall–Kier alpha value is -0.330. The number of fused-ring (bicyclic) bond motifs is 4. The van der Waals surface area contributed by atoms with Crippen molar-refractivity contribution in [2.24, 2.45) is 11.8 Å². The molecule has 0 N–H and O–H groups in total. The molecule has 0 unspecified atom stereocenters. The summed E-state index contributed by atoms with van der Waals surface area (Å²) in [6.45, 7) is 0. The molecular weight excluding hydrogens is 124 g/mol. The Morgan fingerprint density at radius 3 is 2.00 bits per heavy atom. The van der Waals surface area contributed by atoms with Gasteiger partial charge in [0.15, 0.2) is 0 Å². The molecule has 0 aliphatic heterocycles. The maximum atomic E-state index is 11.0. The van der Waals surface area contributed by atoms with Crippen molar-refractivity contribution < 1.29 is 4.79 Å². The van der Waals surface area contributed by atoms with Gasteiger partial charge in [0.1, 0.15) is 5.78 Å². The minimum Gasteiger partial charge on any atom is -0.300 e. The molecule has 56 valence electrons. The van der Waals surface area contributed by atoms with Crippen molar-refractivity contribution in [3.63, 3.8) is 0 Å². The van der Waals surface area contributed by atoms with Crippen LogP contribution in [0.3, 0.4) is 0 Å². The Balaban J connectivity index is 1.92. The highest BCUT2D eigenvalue weighted by Crippen LogP contribution is 2.41. The van der Waals surface area contributed by atoms with E-state index in [-0.39, 0.29) is 0 Å². The van der Waals surface area contributed by atoms with Gasteiger partial charge >= 0.3 is 0 Å². The molecule has 0 heterocycles. The Morgan fingerprint density at radius 2 is 1.50 bits per heavy atom. The van der Waals surface area contributed by atoms with Crippen LogP contribution >= 0.6 is 0 Å². The summed E-state index contributed by atoms with van der Waals surface area (Å²) in [4.78, 5) is 11.0. The molecule has 10 heavy (non-hydrogen) atoms. The standard InChI is InChI=1S/C9H14O/c10-9-3-1-7-5-8(6-7)2-4-9/h7-8H,1-6H2. The Bertz CT molecular complexity index is 131. The van der Waals surface area contributed by atoms with E-state index in [1.54, 1.807) is 0 Å². The molecule has 0 amide bonds. The van der Waals surface area contributed by atoms with Gasteiger partial charge in [-0.3, -0.25) is 4.79 Å². The molecule has 0 radical (unpaired) electrons. The number of carbonyl (C=O) groups is 1. The lowest BCUT2D eigenvalue weighted by molar-refractivity contribution is -0.121. The summed E-state index contributed by atoms with van der Waals surface area (Å²) in [6, 6.07) is 0. The number of hydrogen-bond acceptors (Lipinski definition) is 1. The van der Waals surface area contributed by atoms with E-state index in [4.69, 9.17) is 0 Å². The summed E-state index contributed by atoms with van der Waals surface area (Å²) in [5.41, 5.74) is 0. The number of hydrogen-bond donors (Lipinski definition) is 0. The predicted octanol–water partition coefficient (Wildman–Crippen LogP) is 2.16. The van der Waals surface area contributed by atoms with Crippen molar-refractivity contribution in [3.05, 3.63) is 0 Å². The summed E-state index contributed by atoms with van der Waals surface area (Å²) < 4.78 is 0. The lowest BCUT2D eigenvalue weighted by atomic mass is 9.68. The molecule has 0 aromatic heterocycles. The molecular formula is C9H14O. The third-order valence-corrected chi connectivity index (χ3v) is 3.00. The summed E-state index contributed by atoms with van der Waals surface area (Å²) in [5.74, 6) is 2.36. The number of carbonyl (C=O) groups excluding carboxylic acids is 1. The largest absolute Gasteiger partial charge is 0.300 e. The van der Waals surface area contributed by atoms with Crippen LogP contribution in [0.5, 0.6) is 0 Å². The zero-order chi connectivity index (χ0) is 6.97. The van der Waals surface area contributed by atoms with Gasteiger partial charge in [-0.25, -0.2) is 0 Å². The fourth-order valence-corrected chi connectivity index (χ4v) is 2.20. The average molecular weight is 138 g/mol. The van der Waals surface area contributed by atoms with Gasteiger partial charge in [0.25, 0.3) is 0 Å². The molecule has 3 rings (SSSR count). The third kappa shape index (κ3) is 1.09. The first-order valence-corrected chi connectivity index (χ1v) is 4.36. The van der Waals surface area contributed by atoms with E-state index in [1.807, 2.05) is 0 Å². The normalized spacial score (nSPS) is 39.8. The second kappa shape index (κ2) is 2.37. The molecule has 0 saturated heterocycles. The molecule has 3 fully saturated rings. The lowest BCUT2D eigenvalue weighted by Crippen LogP contribution is -2.27. The SMILES string of the molecule is O=C1CCC2CC(CC1)C2. The Morgan fingerprint density at radius 1 is 1.00 bits per heavy atom. The molecule has 0 spiro atoms. The number of rotatable bonds is 0. The van der Waals surface area contributed by atoms with Gasteiger partial charge in [-0.1, -0.05) is 0 Å². The molecule has 0 aromatic rings. The van der Waals surface area contributed by atoms with Gasteiger partial charge in [-0.15, -0.1) is 0 Å². The van der Waals surface area contributed by atoms with Crippen LogP contribution in [0.15, 0.2) is 0 Å². The molecule has 3 aliphatic rings. The van der Waals surface area contributed by atoms with E-state index in [0.717, 1.165) is 24.7 Å². The minimum atomic E-state index is 0.509. The van der Waals surface area contributed by atoms with Crippen LogP contribution in [0.1, 0.15) is 38.5 Å². The highest BCUT2D eigenvalue weighted by molar-refractivity contribution is 5.78. The maximum absolute atomic E-state index is 11.0. The molecule has 3 aliphatic carbocycles. The number of Topliss-reactive ketones (excluding diaryl/α,β-unsaturated/α-hetero) is 1. The van der Waals surface area contributed by atoms with Crippen molar-refractivity contribution >= 4 is 5.78 Å². The first-order valence-electron chi connectivity index (χ1n) is 4.36. The van der Waals surface area contributed by atoms with E-state index < -0.39 is 0 Å². The maximum Gasteiger partial charge on any atom is 0.132 e. The Kier molecular flexibility index (Phi) is 1.51. The topological polar surface area (TPSA) is 17.1 Å². The first-order chi connectivity index (χ1) is 4.84. The van der Waals surface area contributed by atoms with Crippen molar-refractivity contribution in [1.82, 2.24) is 0 Å². The van der Waals surface area contributed by atoms with Gasteiger partial charge in [0, 0.05) is 12.8 Å². The molecule has 3 saturated carbocycles. The molecule has 2 bridgehead atoms. The quantitative estimate of drug-likeness (QED) is 0.501. The van der Waals surface area contributed by atoms with E-state index in [0.29, 0.717) is 5.78 Å². The number of ketones is 1. The van der Waals surface area contributed by atoms with Crippen LogP contribution in [0.25, 0.3) is 0 Å². The molecule has 0 atom stereocenters. The Labute approximate surface area is 61.8 Å². The van der Waals surface area contributed by atoms with Gasteiger partial charge in [-0.2, -0.15) is 0 Å². The zero-order valence-corrected chi connectivity index (χ0v) is 6.31. The summed E-state index contributed by atoms with van der Waals surface area (Å²) in [7, 11) is 0. The van der Waals surface area contributed by atoms with Gasteiger partial charge < -0.3 is 0 Å². The second-order valence-electron chi connectivity index (χ2n) is 3.82. The highest BCUT2D eigenvalue weighted by atomic mass is 16.1. The lowest BCUT2D eigenvalue weighted by Gasteiger charge is -2.37. The van der Waals surface area contributed by atoms with Crippen molar-refractivity contribution in [3.8, 4) is 0 Å². The van der Waals surface area contributed by atoms with E-state index in [9.17, 15) is 4.79 Å². The van der Waals surface area contributed by atoms with Gasteiger partial charge in [-0.05, 0) is 37.5 Å². The predicted molar refractivity (Wildman–Crippen MR) is 39.7 cm³/mol. The van der Waals surface area contributed by atoms with Gasteiger partial charge in [0.05, 0.1) is 0 Å². The van der Waals surface area contributed by atoms with Crippen LogP contribution in [0, 0.1) is 11.8 Å². The summed E-state index contributed by atoms with van der Waals surface area (Å²) >= 11 is 0. The van der Waals surface area contributed by atoms with E-state index >= 15 is 0 Å². The highest BCUT2D eigenvalue weighted by Gasteiger charge is 2.31. The van der Waals surface area contributed by atoms with Crippen LogP contribution in [-0.2, 0) is 4.79 Å². The monoisotopic (exact) mass is 138 g/mol. The van der Waals surface area contributed by atoms with Crippen molar-refractivity contribution in [2.75, 3.05) is 0 Å². The van der Waals surface area contributed by atoms with Crippen LogP contribution in [-0.4, -0.2) is 5.78 Å². The summed E-state index contributed by atoms with van der Waals surface area (Å²) in [6.07, 6.45) is 6.97. The third-order valence-electron chi connectivity index (χ3n) is 3.00. The molecule has 1 heteroatoms. The fraction of sp³-hybridized carbons (Fsp3) is 0.889. The minimum absolute atomic E-state index is 0.509. The average Bonchev–Trinajstić information content (AvgIpc) is 1.75. The zero-order valence-electron chi connectivity index (χ0n) is 6.31. The van der Waals surface area contributed by atoms with Crippen molar-refractivity contribution in [2.45, 2.75) is 38.5 Å². The van der Waals surface area contributed by atoms with Crippen LogP contribution in [0.4, 0.5) is 0 Å². The molecule has 0 aromatic carbocycles. The van der Waals surface area contributed by atoms with Crippen molar-refractivity contribution in [1.29, 1.82) is 0 Å². The van der Waals surface area contributed by atoms with E-state index in [2.05, 4.69) is 0 Å². The molecule has 1 nitrogen and oxygen atoms in total. The smallest absolute Gasteiger partial charge is 0.132 e. The van der Waals surface area contributed by atoms with Crippen LogP contribution in [0.2, 0.25) is 0 Å².